The van der Waals surface area contributed by atoms with Gasteiger partial charge in [-0.15, -0.1) is 0 Å². The number of alkyl halides is 2. The standard InChI is InChI=1S/C29H51F2N3O8Si2/c1-26(2,3)41-21(35)15-17-38-25(37)33-20-14-16-34(24(36)32-20)23-29(30,31)22(42-44(12,13)28(7,8)9)19(40-23)18-39-43(10,11)27(4,5)6/h14,16,19,22-23H,15,17-18H2,1-13H3,(H,32,33,36,37)/t19-,22-,23-/m1/s1. The number of esters is 1. The van der Waals surface area contributed by atoms with Gasteiger partial charge in [0.25, 0.3) is 0 Å². The molecule has 2 heterocycles. The molecule has 1 saturated heterocycles. The molecule has 11 nitrogen and oxygen atoms in total. The van der Waals surface area contributed by atoms with E-state index in [9.17, 15) is 14.4 Å². The van der Waals surface area contributed by atoms with E-state index < -0.39 is 64.3 Å². The molecule has 2 rings (SSSR count). The third kappa shape index (κ3) is 9.65. The second-order valence-corrected chi connectivity index (χ2v) is 24.7. The molecule has 1 fully saturated rings. The molecule has 252 valence electrons. The summed E-state index contributed by atoms with van der Waals surface area (Å²) in [5.41, 5.74) is -1.75. The fourth-order valence-electron chi connectivity index (χ4n) is 3.67. The maximum Gasteiger partial charge on any atom is 0.412 e. The van der Waals surface area contributed by atoms with Crippen molar-refractivity contribution < 1.29 is 41.4 Å². The first-order valence-corrected chi connectivity index (χ1v) is 20.6. The van der Waals surface area contributed by atoms with Crippen LogP contribution in [0.2, 0.25) is 36.3 Å². The summed E-state index contributed by atoms with van der Waals surface area (Å²) < 4.78 is 61.5. The number of hydrogen-bond donors (Lipinski definition) is 1. The molecule has 0 aliphatic carbocycles. The normalized spacial score (nSPS) is 21.2. The predicted molar refractivity (Wildman–Crippen MR) is 168 cm³/mol. The van der Waals surface area contributed by atoms with Gasteiger partial charge in [-0.1, -0.05) is 41.5 Å². The van der Waals surface area contributed by atoms with E-state index in [2.05, 4.69) is 10.3 Å². The van der Waals surface area contributed by atoms with Gasteiger partial charge >= 0.3 is 23.7 Å². The highest BCUT2D eigenvalue weighted by Crippen LogP contribution is 2.48. The van der Waals surface area contributed by atoms with Gasteiger partial charge in [0.05, 0.1) is 13.0 Å². The van der Waals surface area contributed by atoms with E-state index in [0.717, 1.165) is 6.20 Å². The second kappa shape index (κ2) is 13.3. The number of halogens is 2. The molecule has 15 heteroatoms. The number of ether oxygens (including phenoxy) is 3. The summed E-state index contributed by atoms with van der Waals surface area (Å²) in [6.07, 6.45) is -4.91. The Morgan fingerprint density at radius 3 is 2.09 bits per heavy atom. The SMILES string of the molecule is CC(C)(C)OC(=O)CCOC(=O)Nc1ccn([C@@H]2O[C@H](CO[Si](C)(C)C(C)(C)C)[C@@H](O[Si](C)(C)C(C)(C)C)C2(F)F)c(=O)n1. The lowest BCUT2D eigenvalue weighted by Crippen LogP contribution is -2.53. The fourth-order valence-corrected chi connectivity index (χ4v) is 5.98. The van der Waals surface area contributed by atoms with Gasteiger partial charge in [0.15, 0.2) is 16.6 Å². The first-order valence-electron chi connectivity index (χ1n) is 14.8. The first-order chi connectivity index (χ1) is 19.7. The summed E-state index contributed by atoms with van der Waals surface area (Å²) >= 11 is 0. The molecule has 1 amide bonds. The zero-order valence-electron chi connectivity index (χ0n) is 28.4. The number of hydrogen-bond acceptors (Lipinski definition) is 9. The van der Waals surface area contributed by atoms with Gasteiger partial charge in [-0.3, -0.25) is 14.7 Å². The smallest absolute Gasteiger partial charge is 0.412 e. The molecule has 0 aromatic carbocycles. The van der Waals surface area contributed by atoms with Crippen LogP contribution >= 0.6 is 0 Å². The van der Waals surface area contributed by atoms with E-state index >= 15 is 8.78 Å². The fraction of sp³-hybridized carbons (Fsp3) is 0.793. The minimum absolute atomic E-state index is 0.126. The van der Waals surface area contributed by atoms with Crippen LogP contribution in [0.3, 0.4) is 0 Å². The van der Waals surface area contributed by atoms with Gasteiger partial charge in [0, 0.05) is 6.20 Å². The molecule has 1 aliphatic rings. The maximum absolute atomic E-state index is 16.2. The minimum Gasteiger partial charge on any atom is -0.460 e. The van der Waals surface area contributed by atoms with Crippen LogP contribution in [0.4, 0.5) is 19.4 Å². The molecule has 44 heavy (non-hydrogen) atoms. The summed E-state index contributed by atoms with van der Waals surface area (Å²) in [5.74, 6) is -4.38. The highest BCUT2D eigenvalue weighted by molar-refractivity contribution is 6.74. The zero-order valence-corrected chi connectivity index (χ0v) is 30.4. The quantitative estimate of drug-likeness (QED) is 0.221. The molecule has 0 unspecified atom stereocenters. The second-order valence-electron chi connectivity index (χ2n) is 15.2. The van der Waals surface area contributed by atoms with Crippen molar-refractivity contribution in [1.29, 1.82) is 0 Å². The Balaban J connectivity index is 2.26. The number of aromatic nitrogens is 2. The molecule has 0 bridgehead atoms. The van der Waals surface area contributed by atoms with E-state index in [-0.39, 0.29) is 35.5 Å². The van der Waals surface area contributed by atoms with Crippen LogP contribution in [0.25, 0.3) is 0 Å². The van der Waals surface area contributed by atoms with E-state index in [1.54, 1.807) is 20.8 Å². The largest absolute Gasteiger partial charge is 0.460 e. The number of rotatable bonds is 10. The molecule has 1 aromatic heterocycles. The lowest BCUT2D eigenvalue weighted by atomic mass is 10.1. The topological polar surface area (TPSA) is 127 Å². The van der Waals surface area contributed by atoms with Crippen LogP contribution in [-0.2, 0) is 27.9 Å². The monoisotopic (exact) mass is 663 g/mol. The Bertz CT molecular complexity index is 1240. The average Bonchev–Trinajstić information content (AvgIpc) is 3.04. The van der Waals surface area contributed by atoms with Gasteiger partial charge in [-0.25, -0.2) is 9.59 Å². The molecule has 3 atom stereocenters. The van der Waals surface area contributed by atoms with Crippen LogP contribution in [0.5, 0.6) is 0 Å². The van der Waals surface area contributed by atoms with Crippen LogP contribution in [0, 0.1) is 0 Å². The maximum atomic E-state index is 16.2. The Labute approximate surface area is 261 Å². The van der Waals surface area contributed by atoms with Crippen molar-refractivity contribution in [3.63, 3.8) is 0 Å². The molecule has 1 N–H and O–H groups in total. The molecular weight excluding hydrogens is 613 g/mol. The summed E-state index contributed by atoms with van der Waals surface area (Å²) in [6, 6.07) is 1.18. The Kier molecular flexibility index (Phi) is 11.4. The number of carbonyl (C=O) groups is 2. The highest BCUT2D eigenvalue weighted by atomic mass is 28.4. The molecule has 1 aliphatic heterocycles. The van der Waals surface area contributed by atoms with Gasteiger partial charge in [-0.05, 0) is 63.1 Å². The lowest BCUT2D eigenvalue weighted by molar-refractivity contribution is -0.155. The molecule has 0 radical (unpaired) electrons. The van der Waals surface area contributed by atoms with E-state index in [1.165, 1.54) is 6.07 Å². The minimum atomic E-state index is -3.61. The molecule has 1 aromatic rings. The van der Waals surface area contributed by atoms with Crippen LogP contribution in [-0.4, -0.2) is 75.2 Å². The molecule has 0 saturated carbocycles. The highest BCUT2D eigenvalue weighted by Gasteiger charge is 2.63. The van der Waals surface area contributed by atoms with Crippen molar-refractivity contribution in [2.75, 3.05) is 18.5 Å². The number of nitrogens with zero attached hydrogens (tertiary/aromatic N) is 2. The average molecular weight is 664 g/mol. The summed E-state index contributed by atoms with van der Waals surface area (Å²) in [4.78, 5) is 40.6. The lowest BCUT2D eigenvalue weighted by Gasteiger charge is -2.41. The number of nitrogens with one attached hydrogen (secondary N) is 1. The van der Waals surface area contributed by atoms with Crippen molar-refractivity contribution in [1.82, 2.24) is 9.55 Å². The molecular formula is C29H51F2N3O8Si2. The third-order valence-corrected chi connectivity index (χ3v) is 17.2. The first kappa shape index (κ1) is 38.0. The van der Waals surface area contributed by atoms with E-state index in [1.807, 2.05) is 67.7 Å². The van der Waals surface area contributed by atoms with Crippen LogP contribution in [0.1, 0.15) is 75.0 Å². The zero-order chi connectivity index (χ0) is 34.1. The van der Waals surface area contributed by atoms with Gasteiger partial charge in [-0.2, -0.15) is 13.8 Å². The number of carbonyl (C=O) groups excluding carboxylic acids is 2. The molecule has 0 spiro atoms. The van der Waals surface area contributed by atoms with Gasteiger partial charge in [0.1, 0.15) is 30.2 Å². The Morgan fingerprint density at radius 2 is 1.59 bits per heavy atom. The predicted octanol–water partition coefficient (Wildman–Crippen LogP) is 6.47. The third-order valence-electron chi connectivity index (χ3n) is 8.26. The number of anilines is 1. The van der Waals surface area contributed by atoms with Crippen LogP contribution < -0.4 is 11.0 Å². The summed E-state index contributed by atoms with van der Waals surface area (Å²) in [6.45, 7) is 24.5. The Hall–Kier alpha value is -2.21. The van der Waals surface area contributed by atoms with Crippen molar-refractivity contribution >= 4 is 34.5 Å². The van der Waals surface area contributed by atoms with Crippen molar-refractivity contribution in [2.24, 2.45) is 0 Å². The summed E-state index contributed by atoms with van der Waals surface area (Å²) in [7, 11) is -5.05. The van der Waals surface area contributed by atoms with Crippen molar-refractivity contribution in [2.45, 2.75) is 135 Å². The van der Waals surface area contributed by atoms with Crippen LogP contribution in [0.15, 0.2) is 17.1 Å². The van der Waals surface area contributed by atoms with Gasteiger partial charge < -0.3 is 23.1 Å². The van der Waals surface area contributed by atoms with E-state index in [0.29, 0.717) is 4.57 Å². The summed E-state index contributed by atoms with van der Waals surface area (Å²) in [5, 5.41) is 1.73. The number of amides is 1. The van der Waals surface area contributed by atoms with Gasteiger partial charge in [0.2, 0.25) is 6.23 Å². The van der Waals surface area contributed by atoms with E-state index in [4.69, 9.17) is 23.1 Å². The van der Waals surface area contributed by atoms with Crippen molar-refractivity contribution in [3.8, 4) is 0 Å². The Morgan fingerprint density at radius 1 is 1.02 bits per heavy atom. The van der Waals surface area contributed by atoms with Crippen molar-refractivity contribution in [3.05, 3.63) is 22.7 Å².